The minimum atomic E-state index is -1.40. The highest BCUT2D eigenvalue weighted by Crippen LogP contribution is 2.28. The second-order valence-corrected chi connectivity index (χ2v) is 11.8. The molecule has 2 aromatic carbocycles. The van der Waals surface area contributed by atoms with E-state index in [4.69, 9.17) is 23.9 Å². The Kier molecular flexibility index (Phi) is 12.0. The first-order valence-corrected chi connectivity index (χ1v) is 15.5. The monoisotopic (exact) mass is 665 g/mol. The van der Waals surface area contributed by atoms with Crippen LogP contribution < -0.4 is 35.5 Å². The van der Waals surface area contributed by atoms with E-state index >= 15 is 0 Å². The van der Waals surface area contributed by atoms with Crippen LogP contribution in [0, 0.1) is 0 Å². The SMILES string of the molecule is COCC(=O)N[C@H]1Cc2ccc(cc2)OCCNC(=O)Cn2nc(Cc3ccc(OC)c(OC)c3)nc2[C@@H](C)NC(=O)C(C)(C)NC1=O. The zero-order valence-corrected chi connectivity index (χ0v) is 28.0. The molecule has 2 aliphatic heterocycles. The number of ether oxygens (including phenoxy) is 4. The summed E-state index contributed by atoms with van der Waals surface area (Å²) < 4.78 is 22.9. The van der Waals surface area contributed by atoms with Crippen molar-refractivity contribution in [2.45, 2.75) is 57.8 Å². The summed E-state index contributed by atoms with van der Waals surface area (Å²) in [5.74, 6) is 0.581. The van der Waals surface area contributed by atoms with Crippen LogP contribution in [-0.2, 0) is 43.3 Å². The average molecular weight is 666 g/mol. The van der Waals surface area contributed by atoms with Gasteiger partial charge in [-0.05, 0) is 56.2 Å². The fourth-order valence-electron chi connectivity index (χ4n) is 5.07. The molecule has 0 unspecified atom stereocenters. The number of hydrogen-bond acceptors (Lipinski definition) is 10. The lowest BCUT2D eigenvalue weighted by molar-refractivity contribution is -0.135. The molecule has 258 valence electrons. The molecule has 0 saturated carbocycles. The second kappa shape index (κ2) is 16.1. The lowest BCUT2D eigenvalue weighted by atomic mass is 10.00. The van der Waals surface area contributed by atoms with Crippen molar-refractivity contribution in [1.82, 2.24) is 36.0 Å². The van der Waals surface area contributed by atoms with E-state index in [9.17, 15) is 19.2 Å². The van der Waals surface area contributed by atoms with Crippen LogP contribution in [0.15, 0.2) is 42.5 Å². The maximum Gasteiger partial charge on any atom is 0.246 e. The van der Waals surface area contributed by atoms with Gasteiger partial charge in [0.05, 0.1) is 26.8 Å². The number of fused-ring (bicyclic) bond motifs is 14. The van der Waals surface area contributed by atoms with Gasteiger partial charge in [0.15, 0.2) is 17.3 Å². The summed E-state index contributed by atoms with van der Waals surface area (Å²) in [7, 11) is 4.48. The highest BCUT2D eigenvalue weighted by Gasteiger charge is 2.34. The summed E-state index contributed by atoms with van der Waals surface area (Å²) in [6.45, 7) is 4.87. The van der Waals surface area contributed by atoms with Crippen LogP contribution >= 0.6 is 0 Å². The fraction of sp³-hybridized carbons (Fsp3) is 0.455. The standard InChI is InChI=1S/C33H43N7O8/c1-20-30-37-27(17-22-9-12-25(46-5)26(16-22)47-6)39-40(30)18-28(41)34-13-14-48-23-10-7-21(8-11-23)15-24(36-29(42)19-45-4)31(43)38-33(2,3)32(44)35-20/h7-12,16,20,24H,13-15,17-19H2,1-6H3,(H,34,41)(H,35,44)(H,36,42)(H,38,43)/t20-,24+/m1/s1. The zero-order valence-electron chi connectivity index (χ0n) is 28.0. The minimum absolute atomic E-state index is 0.150. The third-order valence-corrected chi connectivity index (χ3v) is 7.57. The van der Waals surface area contributed by atoms with Gasteiger partial charge in [0.25, 0.3) is 0 Å². The van der Waals surface area contributed by atoms with E-state index in [2.05, 4.69) is 26.4 Å². The number of carbonyl (C=O) groups excluding carboxylic acids is 4. The molecule has 48 heavy (non-hydrogen) atoms. The first-order valence-electron chi connectivity index (χ1n) is 15.5. The van der Waals surface area contributed by atoms with Gasteiger partial charge in [-0.25, -0.2) is 9.67 Å². The van der Waals surface area contributed by atoms with Crippen LogP contribution in [-0.4, -0.2) is 91.1 Å². The van der Waals surface area contributed by atoms with Gasteiger partial charge in [-0.2, -0.15) is 5.10 Å². The van der Waals surface area contributed by atoms with Crippen molar-refractivity contribution in [2.75, 3.05) is 41.1 Å². The topological polar surface area (TPSA) is 184 Å². The molecule has 2 atom stereocenters. The van der Waals surface area contributed by atoms with Crippen LogP contribution in [0.1, 0.15) is 49.6 Å². The first kappa shape index (κ1) is 35.7. The number of aromatic nitrogens is 3. The average Bonchev–Trinajstić information content (AvgIpc) is 3.44. The summed E-state index contributed by atoms with van der Waals surface area (Å²) in [4.78, 5) is 57.2. The number of amides is 4. The molecule has 2 bridgehead atoms. The van der Waals surface area contributed by atoms with Gasteiger partial charge in [0.1, 0.15) is 42.9 Å². The van der Waals surface area contributed by atoms with Crippen molar-refractivity contribution < 1.29 is 38.1 Å². The van der Waals surface area contributed by atoms with Crippen molar-refractivity contribution in [1.29, 1.82) is 0 Å². The Hall–Kier alpha value is -5.18. The Labute approximate surface area is 279 Å². The van der Waals surface area contributed by atoms with Crippen LogP contribution in [0.25, 0.3) is 0 Å². The minimum Gasteiger partial charge on any atom is -0.493 e. The van der Waals surface area contributed by atoms with Gasteiger partial charge < -0.3 is 40.2 Å². The molecule has 4 N–H and O–H groups in total. The van der Waals surface area contributed by atoms with E-state index in [0.717, 1.165) is 11.1 Å². The molecule has 0 radical (unpaired) electrons. The van der Waals surface area contributed by atoms with Gasteiger partial charge in [-0.3, -0.25) is 19.2 Å². The number of carbonyl (C=O) groups is 4. The highest BCUT2D eigenvalue weighted by atomic mass is 16.5. The van der Waals surface area contributed by atoms with Crippen molar-refractivity contribution in [3.63, 3.8) is 0 Å². The fourth-order valence-corrected chi connectivity index (χ4v) is 5.07. The first-order chi connectivity index (χ1) is 22.9. The molecular formula is C33H43N7O8. The third-order valence-electron chi connectivity index (χ3n) is 7.57. The molecule has 3 heterocycles. The molecule has 0 fully saturated rings. The Morgan fingerprint density at radius 2 is 1.79 bits per heavy atom. The number of nitrogens with one attached hydrogen (secondary N) is 4. The molecule has 15 heteroatoms. The predicted molar refractivity (Wildman–Crippen MR) is 174 cm³/mol. The van der Waals surface area contributed by atoms with Crippen molar-refractivity contribution in [2.24, 2.45) is 0 Å². The maximum absolute atomic E-state index is 13.6. The van der Waals surface area contributed by atoms with Crippen molar-refractivity contribution in [3.8, 4) is 17.2 Å². The van der Waals surface area contributed by atoms with Crippen molar-refractivity contribution >= 4 is 23.6 Å². The summed E-state index contributed by atoms with van der Waals surface area (Å²) in [6, 6.07) is 10.8. The van der Waals surface area contributed by atoms with E-state index in [1.54, 1.807) is 65.3 Å². The normalized spacial score (nSPS) is 18.8. The lowest BCUT2D eigenvalue weighted by Crippen LogP contribution is -2.60. The van der Waals surface area contributed by atoms with E-state index in [1.165, 1.54) is 11.8 Å². The number of benzene rings is 2. The van der Waals surface area contributed by atoms with E-state index in [0.29, 0.717) is 35.3 Å². The highest BCUT2D eigenvalue weighted by molar-refractivity contribution is 5.94. The second-order valence-electron chi connectivity index (χ2n) is 11.8. The molecule has 15 nitrogen and oxygen atoms in total. The molecule has 0 saturated heterocycles. The van der Waals surface area contributed by atoms with Gasteiger partial charge >= 0.3 is 0 Å². The predicted octanol–water partition coefficient (Wildman–Crippen LogP) is 0.841. The largest absolute Gasteiger partial charge is 0.493 e. The van der Waals surface area contributed by atoms with Gasteiger partial charge in [0, 0.05) is 20.0 Å². The molecule has 5 rings (SSSR count). The summed E-state index contributed by atoms with van der Waals surface area (Å²) in [5.41, 5.74) is 0.191. The molecular weight excluding hydrogens is 622 g/mol. The van der Waals surface area contributed by atoms with Crippen LogP contribution in [0.5, 0.6) is 17.2 Å². The molecule has 0 spiro atoms. The smallest absolute Gasteiger partial charge is 0.246 e. The van der Waals surface area contributed by atoms with Gasteiger partial charge in [-0.15, -0.1) is 0 Å². The summed E-state index contributed by atoms with van der Waals surface area (Å²) >= 11 is 0. The number of methoxy groups -OCH3 is 3. The molecule has 4 amide bonds. The Balaban J connectivity index is 1.62. The van der Waals surface area contributed by atoms with Crippen molar-refractivity contribution in [3.05, 3.63) is 65.2 Å². The lowest BCUT2D eigenvalue weighted by Gasteiger charge is -2.29. The molecule has 0 aliphatic carbocycles. The van der Waals surface area contributed by atoms with Gasteiger partial charge in [-0.1, -0.05) is 18.2 Å². The Morgan fingerprint density at radius 1 is 1.06 bits per heavy atom. The van der Waals surface area contributed by atoms with Gasteiger partial charge in [0.2, 0.25) is 23.6 Å². The van der Waals surface area contributed by atoms with Crippen LogP contribution in [0.2, 0.25) is 0 Å². The summed E-state index contributed by atoms with van der Waals surface area (Å²) in [5, 5.41) is 15.8. The Bertz CT molecular complexity index is 1610. The van der Waals surface area contributed by atoms with Crippen LogP contribution in [0.4, 0.5) is 0 Å². The third kappa shape index (κ3) is 9.44. The van der Waals surface area contributed by atoms with E-state index in [-0.39, 0.29) is 38.6 Å². The quantitative estimate of drug-likeness (QED) is 0.282. The zero-order chi connectivity index (χ0) is 34.8. The molecule has 1 aromatic heterocycles. The number of hydrogen-bond donors (Lipinski definition) is 4. The van der Waals surface area contributed by atoms with E-state index in [1.807, 2.05) is 12.1 Å². The summed E-state index contributed by atoms with van der Waals surface area (Å²) in [6.07, 6.45) is 0.463. The molecule has 3 aromatic rings. The van der Waals surface area contributed by atoms with E-state index < -0.39 is 35.3 Å². The number of rotatable bonds is 7. The Morgan fingerprint density at radius 3 is 2.48 bits per heavy atom. The number of nitrogens with zero attached hydrogens (tertiary/aromatic N) is 3. The van der Waals surface area contributed by atoms with Crippen LogP contribution in [0.3, 0.4) is 0 Å². The molecule has 2 aliphatic rings. The maximum atomic E-state index is 13.6.